The molecular formula is C28H29ClN2O4S. The Morgan fingerprint density at radius 2 is 1.50 bits per heavy atom. The molecule has 0 aliphatic rings. The molecule has 188 valence electrons. The number of halogens is 1. The molecule has 36 heavy (non-hydrogen) atoms. The molecule has 1 atom stereocenters. The summed E-state index contributed by atoms with van der Waals surface area (Å²) in [5, 5.41) is 6.02. The second-order valence-electron chi connectivity index (χ2n) is 8.19. The van der Waals surface area contributed by atoms with Gasteiger partial charge in [0, 0.05) is 21.3 Å². The summed E-state index contributed by atoms with van der Waals surface area (Å²) in [4.78, 5) is 37.8. The predicted molar refractivity (Wildman–Crippen MR) is 146 cm³/mol. The Kier molecular flexibility index (Phi) is 10.4. The largest absolute Gasteiger partial charge is 0.462 e. The summed E-state index contributed by atoms with van der Waals surface area (Å²) >= 11 is 7.29. The highest BCUT2D eigenvalue weighted by atomic mass is 35.5. The first kappa shape index (κ1) is 27.3. The molecule has 0 bridgehead atoms. The van der Waals surface area contributed by atoms with Gasteiger partial charge in [-0.25, -0.2) is 4.79 Å². The Labute approximate surface area is 220 Å². The zero-order valence-electron chi connectivity index (χ0n) is 20.3. The normalized spacial score (nSPS) is 11.4. The minimum atomic E-state index is -0.366. The average Bonchev–Trinajstić information content (AvgIpc) is 2.87. The molecule has 0 aliphatic heterocycles. The number of rotatable bonds is 11. The van der Waals surface area contributed by atoms with Gasteiger partial charge in [0.2, 0.25) is 11.8 Å². The van der Waals surface area contributed by atoms with Crippen molar-refractivity contribution in [3.8, 4) is 0 Å². The minimum absolute atomic E-state index is 0.120. The second-order valence-corrected chi connectivity index (χ2v) is 10.0. The van der Waals surface area contributed by atoms with E-state index in [1.54, 1.807) is 36.4 Å². The van der Waals surface area contributed by atoms with Crippen molar-refractivity contribution in [2.75, 3.05) is 17.2 Å². The summed E-state index contributed by atoms with van der Waals surface area (Å²) in [6, 6.07) is 21.2. The SMILES string of the molecule is CCCCOC(=O)c1ccc(NC(=O)C(C)Sc2ccc(NC(=O)Cc3ccc(Cl)cc3)cc2)cc1. The van der Waals surface area contributed by atoms with E-state index >= 15 is 0 Å². The van der Waals surface area contributed by atoms with Crippen LogP contribution in [0.25, 0.3) is 0 Å². The van der Waals surface area contributed by atoms with Crippen molar-refractivity contribution in [2.24, 2.45) is 0 Å². The Morgan fingerprint density at radius 3 is 2.14 bits per heavy atom. The number of hydrogen-bond donors (Lipinski definition) is 2. The van der Waals surface area contributed by atoms with Crippen molar-refractivity contribution in [1.82, 2.24) is 0 Å². The molecule has 1 unspecified atom stereocenters. The molecule has 0 fully saturated rings. The van der Waals surface area contributed by atoms with Crippen LogP contribution < -0.4 is 10.6 Å². The smallest absolute Gasteiger partial charge is 0.338 e. The number of hydrogen-bond acceptors (Lipinski definition) is 5. The Morgan fingerprint density at radius 1 is 0.889 bits per heavy atom. The van der Waals surface area contributed by atoms with Crippen molar-refractivity contribution in [2.45, 2.75) is 43.3 Å². The summed E-state index contributed by atoms with van der Waals surface area (Å²) in [7, 11) is 0. The molecule has 2 amide bonds. The van der Waals surface area contributed by atoms with E-state index in [1.165, 1.54) is 11.8 Å². The summed E-state index contributed by atoms with van der Waals surface area (Å²) < 4.78 is 5.20. The molecule has 3 aromatic rings. The molecule has 0 radical (unpaired) electrons. The van der Waals surface area contributed by atoms with E-state index < -0.39 is 0 Å². The molecule has 3 rings (SSSR count). The third-order valence-electron chi connectivity index (χ3n) is 5.22. The number of esters is 1. The number of nitrogens with one attached hydrogen (secondary N) is 2. The number of ether oxygens (including phenoxy) is 1. The van der Waals surface area contributed by atoms with Gasteiger partial charge in [-0.3, -0.25) is 9.59 Å². The minimum Gasteiger partial charge on any atom is -0.462 e. The van der Waals surface area contributed by atoms with Crippen LogP contribution in [0.15, 0.2) is 77.7 Å². The number of anilines is 2. The van der Waals surface area contributed by atoms with Gasteiger partial charge in [-0.15, -0.1) is 11.8 Å². The van der Waals surface area contributed by atoms with Crippen molar-refractivity contribution in [1.29, 1.82) is 0 Å². The maximum Gasteiger partial charge on any atom is 0.338 e. The molecule has 3 aromatic carbocycles. The number of benzene rings is 3. The van der Waals surface area contributed by atoms with Gasteiger partial charge in [0.15, 0.2) is 0 Å². The molecule has 0 saturated carbocycles. The van der Waals surface area contributed by atoms with Gasteiger partial charge in [-0.05, 0) is 79.6 Å². The highest BCUT2D eigenvalue weighted by Crippen LogP contribution is 2.26. The molecule has 0 spiro atoms. The van der Waals surface area contributed by atoms with Crippen LogP contribution in [-0.4, -0.2) is 29.6 Å². The van der Waals surface area contributed by atoms with Crippen molar-refractivity contribution in [3.63, 3.8) is 0 Å². The van der Waals surface area contributed by atoms with Crippen LogP contribution in [0.2, 0.25) is 5.02 Å². The first-order valence-electron chi connectivity index (χ1n) is 11.7. The number of carbonyl (C=O) groups excluding carboxylic acids is 3. The maximum absolute atomic E-state index is 12.6. The standard InChI is InChI=1S/C28H29ClN2O4S/c1-3-4-17-35-28(34)21-7-11-24(12-8-21)31-27(33)19(2)36-25-15-13-23(14-16-25)30-26(32)18-20-5-9-22(29)10-6-20/h5-16,19H,3-4,17-18H2,1-2H3,(H,30,32)(H,31,33). The molecule has 2 N–H and O–H groups in total. The summed E-state index contributed by atoms with van der Waals surface area (Å²) in [5.41, 5.74) is 2.62. The summed E-state index contributed by atoms with van der Waals surface area (Å²) in [6.07, 6.45) is 2.04. The molecular weight excluding hydrogens is 496 g/mol. The van der Waals surface area contributed by atoms with Crippen LogP contribution in [0.5, 0.6) is 0 Å². The Bertz CT molecular complexity index is 1170. The molecule has 0 aliphatic carbocycles. The molecule has 0 aromatic heterocycles. The number of thioether (sulfide) groups is 1. The average molecular weight is 525 g/mol. The van der Waals surface area contributed by atoms with Crippen LogP contribution in [0.4, 0.5) is 11.4 Å². The topological polar surface area (TPSA) is 84.5 Å². The molecule has 0 saturated heterocycles. The second kappa shape index (κ2) is 13.7. The molecule has 6 nitrogen and oxygen atoms in total. The van der Waals surface area contributed by atoms with Crippen LogP contribution in [0.1, 0.15) is 42.6 Å². The Balaban J connectivity index is 1.46. The third-order valence-corrected chi connectivity index (χ3v) is 6.58. The van der Waals surface area contributed by atoms with Gasteiger partial charge >= 0.3 is 5.97 Å². The summed E-state index contributed by atoms with van der Waals surface area (Å²) in [6.45, 7) is 4.26. The van der Waals surface area contributed by atoms with Gasteiger partial charge < -0.3 is 15.4 Å². The van der Waals surface area contributed by atoms with Crippen molar-refractivity contribution >= 4 is 52.5 Å². The van der Waals surface area contributed by atoms with Crippen LogP contribution >= 0.6 is 23.4 Å². The lowest BCUT2D eigenvalue weighted by molar-refractivity contribution is -0.116. The van der Waals surface area contributed by atoms with E-state index in [0.717, 1.165) is 23.3 Å². The van der Waals surface area contributed by atoms with Crippen LogP contribution in [0.3, 0.4) is 0 Å². The quantitative estimate of drug-likeness (QED) is 0.168. The van der Waals surface area contributed by atoms with Gasteiger partial charge in [0.05, 0.1) is 23.8 Å². The van der Waals surface area contributed by atoms with Gasteiger partial charge in [0.1, 0.15) is 0 Å². The number of carbonyl (C=O) groups is 3. The zero-order chi connectivity index (χ0) is 25.9. The third kappa shape index (κ3) is 8.73. The van der Waals surface area contributed by atoms with E-state index in [-0.39, 0.29) is 29.5 Å². The van der Waals surface area contributed by atoms with Gasteiger partial charge in [-0.2, -0.15) is 0 Å². The molecule has 0 heterocycles. The first-order valence-corrected chi connectivity index (χ1v) is 13.0. The lowest BCUT2D eigenvalue weighted by Crippen LogP contribution is -2.22. The summed E-state index contributed by atoms with van der Waals surface area (Å²) in [5.74, 6) is -0.640. The highest BCUT2D eigenvalue weighted by Gasteiger charge is 2.15. The first-order chi connectivity index (χ1) is 17.3. The fourth-order valence-electron chi connectivity index (χ4n) is 3.19. The van der Waals surface area contributed by atoms with Crippen molar-refractivity contribution in [3.05, 3.63) is 88.9 Å². The highest BCUT2D eigenvalue weighted by molar-refractivity contribution is 8.00. The Hall–Kier alpha value is -3.29. The maximum atomic E-state index is 12.6. The number of unbranched alkanes of at least 4 members (excludes halogenated alkanes) is 1. The van der Waals surface area contributed by atoms with E-state index in [0.29, 0.717) is 28.6 Å². The van der Waals surface area contributed by atoms with Crippen molar-refractivity contribution < 1.29 is 19.1 Å². The zero-order valence-corrected chi connectivity index (χ0v) is 21.8. The fourth-order valence-corrected chi connectivity index (χ4v) is 4.19. The van der Waals surface area contributed by atoms with Gasteiger partial charge in [0.25, 0.3) is 0 Å². The fraction of sp³-hybridized carbons (Fsp3) is 0.250. The van der Waals surface area contributed by atoms with Crippen LogP contribution in [-0.2, 0) is 20.7 Å². The van der Waals surface area contributed by atoms with E-state index in [1.807, 2.05) is 50.2 Å². The molecule has 8 heteroatoms. The lowest BCUT2D eigenvalue weighted by atomic mass is 10.1. The van der Waals surface area contributed by atoms with E-state index in [4.69, 9.17) is 16.3 Å². The number of amides is 2. The lowest BCUT2D eigenvalue weighted by Gasteiger charge is -2.13. The monoisotopic (exact) mass is 524 g/mol. The van der Waals surface area contributed by atoms with E-state index in [9.17, 15) is 14.4 Å². The van der Waals surface area contributed by atoms with Gasteiger partial charge in [-0.1, -0.05) is 37.1 Å². The van der Waals surface area contributed by atoms with Crippen LogP contribution in [0, 0.1) is 0 Å². The predicted octanol–water partition coefficient (Wildman–Crippen LogP) is 6.60. The van der Waals surface area contributed by atoms with E-state index in [2.05, 4.69) is 10.6 Å².